The second kappa shape index (κ2) is 7.30. The highest BCUT2D eigenvalue weighted by Gasteiger charge is 2.58. The Morgan fingerprint density at radius 3 is 2.50 bits per heavy atom. The van der Waals surface area contributed by atoms with Crippen molar-refractivity contribution in [2.24, 2.45) is 0 Å². The predicted octanol–water partition coefficient (Wildman–Crippen LogP) is 3.13. The van der Waals surface area contributed by atoms with Gasteiger partial charge in [-0.25, -0.2) is 21.6 Å². The Labute approximate surface area is 168 Å². The van der Waals surface area contributed by atoms with Gasteiger partial charge in [0.15, 0.2) is 9.84 Å². The number of aliphatic hydroxyl groups excluding tert-OH is 1. The maximum atomic E-state index is 14.8. The SMILES string of the molecule is CS(=O)(=O)c1ccc(Oc2cc(F)cc(C#N)c2)c2c1[C@H](CC(=O)O)C(F)(F)[C@@H]2O. The number of benzene rings is 2. The summed E-state index contributed by atoms with van der Waals surface area (Å²) in [6, 6.07) is 6.55. The first-order chi connectivity index (χ1) is 13.9. The molecule has 0 aromatic heterocycles. The molecule has 2 aromatic carbocycles. The van der Waals surface area contributed by atoms with E-state index in [1.807, 2.05) is 0 Å². The third-order valence-corrected chi connectivity index (χ3v) is 5.82. The van der Waals surface area contributed by atoms with Crippen molar-refractivity contribution in [3.8, 4) is 17.6 Å². The van der Waals surface area contributed by atoms with E-state index in [0.717, 1.165) is 36.6 Å². The molecule has 0 amide bonds. The minimum absolute atomic E-state index is 0.121. The molecule has 1 aliphatic rings. The van der Waals surface area contributed by atoms with Crippen LogP contribution in [0, 0.1) is 17.1 Å². The van der Waals surface area contributed by atoms with Crippen molar-refractivity contribution >= 4 is 15.8 Å². The molecular weight excluding hydrogens is 427 g/mol. The van der Waals surface area contributed by atoms with Crippen LogP contribution in [0.2, 0.25) is 0 Å². The first-order valence-electron chi connectivity index (χ1n) is 8.39. The molecule has 158 valence electrons. The van der Waals surface area contributed by atoms with E-state index in [1.54, 1.807) is 6.07 Å². The minimum Gasteiger partial charge on any atom is -0.481 e. The zero-order chi connectivity index (χ0) is 22.4. The fraction of sp³-hybridized carbons (Fsp3) is 0.263. The van der Waals surface area contributed by atoms with E-state index in [2.05, 4.69) is 0 Å². The minimum atomic E-state index is -4.07. The number of halogens is 3. The van der Waals surface area contributed by atoms with Gasteiger partial charge < -0.3 is 14.9 Å². The summed E-state index contributed by atoms with van der Waals surface area (Å²) in [7, 11) is -4.07. The van der Waals surface area contributed by atoms with Gasteiger partial charge in [0.25, 0.3) is 5.92 Å². The third-order valence-electron chi connectivity index (χ3n) is 4.66. The lowest BCUT2D eigenvalue weighted by Crippen LogP contribution is -2.28. The predicted molar refractivity (Wildman–Crippen MR) is 95.6 cm³/mol. The zero-order valence-electron chi connectivity index (χ0n) is 15.3. The number of sulfone groups is 1. The van der Waals surface area contributed by atoms with E-state index >= 15 is 0 Å². The van der Waals surface area contributed by atoms with Crippen LogP contribution in [0.5, 0.6) is 11.5 Å². The monoisotopic (exact) mass is 441 g/mol. The number of hydrogen-bond acceptors (Lipinski definition) is 6. The highest BCUT2D eigenvalue weighted by Crippen LogP contribution is 2.57. The molecule has 0 spiro atoms. The maximum absolute atomic E-state index is 14.8. The Hall–Kier alpha value is -3.10. The molecule has 1 aliphatic carbocycles. The van der Waals surface area contributed by atoms with Crippen LogP contribution in [0.1, 0.15) is 35.1 Å². The van der Waals surface area contributed by atoms with Crippen LogP contribution >= 0.6 is 0 Å². The fourth-order valence-corrected chi connectivity index (χ4v) is 4.42. The van der Waals surface area contributed by atoms with Crippen LogP contribution in [0.25, 0.3) is 0 Å². The summed E-state index contributed by atoms with van der Waals surface area (Å²) >= 11 is 0. The molecule has 0 fully saturated rings. The number of carboxylic acids is 1. The Balaban J connectivity index is 2.25. The lowest BCUT2D eigenvalue weighted by Gasteiger charge is -2.21. The highest BCUT2D eigenvalue weighted by molar-refractivity contribution is 7.90. The van der Waals surface area contributed by atoms with Gasteiger partial charge in [-0.2, -0.15) is 5.26 Å². The molecule has 2 atom stereocenters. The number of carboxylic acid groups (broad SMARTS) is 1. The summed E-state index contributed by atoms with van der Waals surface area (Å²) < 4.78 is 72.9. The number of alkyl halides is 2. The molecule has 0 heterocycles. The Bertz CT molecular complexity index is 1190. The molecule has 0 unspecified atom stereocenters. The van der Waals surface area contributed by atoms with E-state index in [4.69, 9.17) is 15.1 Å². The number of nitrogens with zero attached hydrogens (tertiary/aromatic N) is 1. The second-order valence-corrected chi connectivity index (χ2v) is 8.76. The van der Waals surface area contributed by atoms with Gasteiger partial charge in [0, 0.05) is 17.9 Å². The van der Waals surface area contributed by atoms with E-state index in [1.165, 1.54) is 0 Å². The summed E-state index contributed by atoms with van der Waals surface area (Å²) in [5.74, 6) is -9.25. The Kier molecular flexibility index (Phi) is 5.26. The first kappa shape index (κ1) is 21.6. The van der Waals surface area contributed by atoms with Crippen molar-refractivity contribution in [2.75, 3.05) is 6.26 Å². The number of aliphatic hydroxyl groups is 1. The Morgan fingerprint density at radius 2 is 1.93 bits per heavy atom. The topological polar surface area (TPSA) is 125 Å². The summed E-state index contributed by atoms with van der Waals surface area (Å²) in [5, 5.41) is 28.2. The Morgan fingerprint density at radius 1 is 1.27 bits per heavy atom. The largest absolute Gasteiger partial charge is 0.481 e. The summed E-state index contributed by atoms with van der Waals surface area (Å²) in [5.41, 5.74) is -1.28. The molecule has 2 aromatic rings. The van der Waals surface area contributed by atoms with Crippen LogP contribution in [-0.4, -0.2) is 36.8 Å². The summed E-state index contributed by atoms with van der Waals surface area (Å²) in [6.45, 7) is 0. The van der Waals surface area contributed by atoms with Crippen molar-refractivity contribution in [1.29, 1.82) is 5.26 Å². The van der Waals surface area contributed by atoms with Gasteiger partial charge in [0.2, 0.25) is 0 Å². The van der Waals surface area contributed by atoms with E-state index in [-0.39, 0.29) is 11.3 Å². The van der Waals surface area contributed by atoms with Gasteiger partial charge in [-0.05, 0) is 29.8 Å². The standard InChI is InChI=1S/C19H14F3NO6S/c1-30(27,28)14-3-2-13(29-11-5-9(8-23)4-10(20)6-11)17-16(14)12(7-15(24)25)19(21,22)18(17)26/h2-6,12,18,26H,7H2,1H3,(H,24,25)/t12-,18+/m0/s1. The number of carbonyl (C=O) groups is 1. The molecule has 0 saturated heterocycles. The fourth-order valence-electron chi connectivity index (χ4n) is 3.45. The van der Waals surface area contributed by atoms with Crippen molar-refractivity contribution in [3.05, 3.63) is 52.8 Å². The van der Waals surface area contributed by atoms with Gasteiger partial charge in [-0.3, -0.25) is 4.79 Å². The molecule has 2 N–H and O–H groups in total. The van der Waals surface area contributed by atoms with E-state index < -0.39 is 67.8 Å². The second-order valence-electron chi connectivity index (χ2n) is 6.78. The third kappa shape index (κ3) is 3.71. The number of rotatable bonds is 5. The van der Waals surface area contributed by atoms with E-state index in [0.29, 0.717) is 0 Å². The highest BCUT2D eigenvalue weighted by atomic mass is 32.2. The number of nitriles is 1. The normalized spacial score (nSPS) is 19.7. The molecule has 0 radical (unpaired) electrons. The van der Waals surface area contributed by atoms with Crippen LogP contribution < -0.4 is 4.74 Å². The number of aliphatic carboxylic acids is 1. The van der Waals surface area contributed by atoms with Crippen LogP contribution in [-0.2, 0) is 14.6 Å². The van der Waals surface area contributed by atoms with Crippen molar-refractivity contribution in [3.63, 3.8) is 0 Å². The molecular formula is C19H14F3NO6S. The van der Waals surface area contributed by atoms with Crippen LogP contribution in [0.15, 0.2) is 35.2 Å². The molecule has 0 saturated carbocycles. The average Bonchev–Trinajstić information content (AvgIpc) is 2.81. The summed E-state index contributed by atoms with van der Waals surface area (Å²) in [4.78, 5) is 10.6. The van der Waals surface area contributed by atoms with Gasteiger partial charge in [-0.1, -0.05) is 0 Å². The average molecular weight is 441 g/mol. The smallest absolute Gasteiger partial charge is 0.304 e. The van der Waals surface area contributed by atoms with Crippen LogP contribution in [0.4, 0.5) is 13.2 Å². The molecule has 3 rings (SSSR count). The summed E-state index contributed by atoms with van der Waals surface area (Å²) in [6.07, 6.45) is -2.94. The molecule has 7 nitrogen and oxygen atoms in total. The van der Waals surface area contributed by atoms with Crippen molar-refractivity contribution in [2.45, 2.75) is 29.3 Å². The van der Waals surface area contributed by atoms with E-state index in [9.17, 15) is 31.5 Å². The van der Waals surface area contributed by atoms with Gasteiger partial charge in [0.1, 0.15) is 23.4 Å². The number of fused-ring (bicyclic) bond motifs is 1. The van der Waals surface area contributed by atoms with Crippen LogP contribution in [0.3, 0.4) is 0 Å². The molecule has 11 heteroatoms. The lowest BCUT2D eigenvalue weighted by molar-refractivity contribution is -0.146. The molecule has 0 aliphatic heterocycles. The van der Waals surface area contributed by atoms with Gasteiger partial charge in [-0.15, -0.1) is 0 Å². The van der Waals surface area contributed by atoms with Gasteiger partial charge >= 0.3 is 5.97 Å². The number of hydrogen-bond donors (Lipinski definition) is 2. The first-order valence-corrected chi connectivity index (χ1v) is 10.3. The number of ether oxygens (including phenoxy) is 1. The maximum Gasteiger partial charge on any atom is 0.304 e. The zero-order valence-corrected chi connectivity index (χ0v) is 16.1. The van der Waals surface area contributed by atoms with Gasteiger partial charge in [0.05, 0.1) is 28.9 Å². The quantitative estimate of drug-likeness (QED) is 0.730. The van der Waals surface area contributed by atoms with Crippen molar-refractivity contribution in [1.82, 2.24) is 0 Å². The molecule has 30 heavy (non-hydrogen) atoms. The van der Waals surface area contributed by atoms with Crippen molar-refractivity contribution < 1.29 is 41.3 Å². The molecule has 0 bridgehead atoms. The lowest BCUT2D eigenvalue weighted by atomic mass is 9.95.